The van der Waals surface area contributed by atoms with Crippen molar-refractivity contribution in [2.45, 2.75) is 6.92 Å². The van der Waals surface area contributed by atoms with Gasteiger partial charge in [0.25, 0.3) is 0 Å². The molecule has 3 rings (SSSR count). The molecule has 3 aromatic rings. The summed E-state index contributed by atoms with van der Waals surface area (Å²) in [5, 5.41) is 4.91. The lowest BCUT2D eigenvalue weighted by atomic mass is 10.2. The van der Waals surface area contributed by atoms with Crippen LogP contribution in [-0.4, -0.2) is 6.21 Å². The van der Waals surface area contributed by atoms with Crippen molar-refractivity contribution in [3.63, 3.8) is 0 Å². The van der Waals surface area contributed by atoms with Crippen molar-refractivity contribution in [3.05, 3.63) is 77.0 Å². The van der Waals surface area contributed by atoms with E-state index < -0.39 is 0 Å². The maximum absolute atomic E-state index is 5.88. The van der Waals surface area contributed by atoms with Crippen molar-refractivity contribution in [2.24, 2.45) is 5.10 Å². The molecule has 0 aliphatic rings. The van der Waals surface area contributed by atoms with Crippen molar-refractivity contribution in [2.75, 3.05) is 5.43 Å². The van der Waals surface area contributed by atoms with Crippen molar-refractivity contribution in [3.8, 4) is 11.3 Å². The van der Waals surface area contributed by atoms with Crippen LogP contribution in [0.3, 0.4) is 0 Å². The fourth-order valence-electron chi connectivity index (χ4n) is 2.06. The second-order valence-corrected chi connectivity index (χ2v) is 5.33. The molecule has 4 heteroatoms. The van der Waals surface area contributed by atoms with Gasteiger partial charge in [-0.05, 0) is 55.0 Å². The summed E-state index contributed by atoms with van der Waals surface area (Å²) in [4.78, 5) is 0. The molecule has 0 aliphatic carbocycles. The van der Waals surface area contributed by atoms with Gasteiger partial charge >= 0.3 is 0 Å². The van der Waals surface area contributed by atoms with Crippen LogP contribution in [-0.2, 0) is 0 Å². The Bertz CT molecular complexity index is 791. The molecule has 2 aromatic carbocycles. The number of furan rings is 1. The number of hydrazone groups is 1. The van der Waals surface area contributed by atoms with E-state index in [1.807, 2.05) is 67.6 Å². The third kappa shape index (κ3) is 3.38. The Morgan fingerprint density at radius 3 is 2.55 bits per heavy atom. The van der Waals surface area contributed by atoms with E-state index in [2.05, 4.69) is 10.5 Å². The van der Waals surface area contributed by atoms with E-state index in [0.717, 1.165) is 22.6 Å². The minimum atomic E-state index is 0.686. The molecular weight excluding hydrogens is 296 g/mol. The fourth-order valence-corrected chi connectivity index (χ4v) is 2.18. The molecule has 22 heavy (non-hydrogen) atoms. The maximum atomic E-state index is 5.88. The largest absolute Gasteiger partial charge is 0.455 e. The van der Waals surface area contributed by atoms with Gasteiger partial charge in [-0.25, -0.2) is 0 Å². The highest BCUT2D eigenvalue weighted by Crippen LogP contribution is 2.23. The molecule has 110 valence electrons. The van der Waals surface area contributed by atoms with Crippen LogP contribution >= 0.6 is 11.6 Å². The number of hydrogen-bond acceptors (Lipinski definition) is 3. The minimum absolute atomic E-state index is 0.686. The first-order chi connectivity index (χ1) is 10.7. The van der Waals surface area contributed by atoms with Crippen LogP contribution in [0.25, 0.3) is 11.3 Å². The standard InChI is InChI=1S/C18H15ClN2O/c1-13-4-2-3-5-17(13)21-20-12-16-10-11-18(22-16)14-6-8-15(19)9-7-14/h2-12,21H,1H3. The molecule has 1 N–H and O–H groups in total. The van der Waals surface area contributed by atoms with Crippen molar-refractivity contribution in [1.82, 2.24) is 0 Å². The SMILES string of the molecule is Cc1ccccc1NN=Cc1ccc(-c2ccc(Cl)cc2)o1. The fraction of sp³-hybridized carbons (Fsp3) is 0.0556. The van der Waals surface area contributed by atoms with E-state index in [4.69, 9.17) is 16.0 Å². The third-order valence-electron chi connectivity index (χ3n) is 3.28. The first-order valence-electron chi connectivity index (χ1n) is 6.93. The summed E-state index contributed by atoms with van der Waals surface area (Å²) >= 11 is 5.88. The van der Waals surface area contributed by atoms with E-state index in [0.29, 0.717) is 10.8 Å². The van der Waals surface area contributed by atoms with Gasteiger partial charge in [-0.2, -0.15) is 5.10 Å². The van der Waals surface area contributed by atoms with Crippen LogP contribution in [0.4, 0.5) is 5.69 Å². The summed E-state index contributed by atoms with van der Waals surface area (Å²) in [6.07, 6.45) is 1.66. The number of halogens is 1. The van der Waals surface area contributed by atoms with Gasteiger partial charge in [0, 0.05) is 10.6 Å². The van der Waals surface area contributed by atoms with E-state index in [9.17, 15) is 0 Å². The summed E-state index contributed by atoms with van der Waals surface area (Å²) in [5.74, 6) is 1.47. The second-order valence-electron chi connectivity index (χ2n) is 4.89. The topological polar surface area (TPSA) is 37.5 Å². The summed E-state index contributed by atoms with van der Waals surface area (Å²) < 4.78 is 5.75. The number of aryl methyl sites for hydroxylation is 1. The van der Waals surface area contributed by atoms with Gasteiger partial charge in [0.2, 0.25) is 0 Å². The molecule has 0 saturated carbocycles. The number of benzene rings is 2. The molecule has 1 aromatic heterocycles. The lowest BCUT2D eigenvalue weighted by Gasteiger charge is -2.02. The smallest absolute Gasteiger partial charge is 0.147 e. The van der Waals surface area contributed by atoms with Gasteiger partial charge in [-0.15, -0.1) is 0 Å². The van der Waals surface area contributed by atoms with Crippen LogP contribution in [0.5, 0.6) is 0 Å². The van der Waals surface area contributed by atoms with Crippen molar-refractivity contribution >= 4 is 23.5 Å². The highest BCUT2D eigenvalue weighted by Gasteiger charge is 2.03. The Labute approximate surface area is 134 Å². The number of nitrogens with one attached hydrogen (secondary N) is 1. The van der Waals surface area contributed by atoms with E-state index >= 15 is 0 Å². The predicted octanol–water partition coefficient (Wildman–Crippen LogP) is 5.35. The van der Waals surface area contributed by atoms with Crippen LogP contribution < -0.4 is 5.43 Å². The summed E-state index contributed by atoms with van der Waals surface area (Å²) in [6, 6.07) is 19.3. The van der Waals surface area contributed by atoms with Crippen LogP contribution in [0.15, 0.2) is 70.2 Å². The van der Waals surface area contributed by atoms with Gasteiger partial charge in [0.05, 0.1) is 11.9 Å². The van der Waals surface area contributed by atoms with Gasteiger partial charge in [-0.1, -0.05) is 29.8 Å². The molecule has 1 heterocycles. The Morgan fingerprint density at radius 2 is 1.77 bits per heavy atom. The molecule has 3 nitrogen and oxygen atoms in total. The van der Waals surface area contributed by atoms with E-state index in [-0.39, 0.29) is 0 Å². The summed E-state index contributed by atoms with van der Waals surface area (Å²) in [6.45, 7) is 2.03. The highest BCUT2D eigenvalue weighted by molar-refractivity contribution is 6.30. The molecular formula is C18H15ClN2O. The molecule has 0 unspecified atom stereocenters. The molecule has 0 saturated heterocycles. The summed E-state index contributed by atoms with van der Waals surface area (Å²) in [7, 11) is 0. The van der Waals surface area contributed by atoms with Gasteiger partial charge < -0.3 is 4.42 Å². The molecule has 0 atom stereocenters. The quantitative estimate of drug-likeness (QED) is 0.520. The Hall–Kier alpha value is -2.52. The zero-order valence-corrected chi connectivity index (χ0v) is 12.8. The number of anilines is 1. The van der Waals surface area contributed by atoms with Gasteiger partial charge in [0.1, 0.15) is 11.5 Å². The average molecular weight is 311 g/mol. The number of rotatable bonds is 4. The molecule has 0 spiro atoms. The van der Waals surface area contributed by atoms with Gasteiger partial charge in [0.15, 0.2) is 0 Å². The molecule has 0 amide bonds. The predicted molar refractivity (Wildman–Crippen MR) is 91.5 cm³/mol. The third-order valence-corrected chi connectivity index (χ3v) is 3.53. The lowest BCUT2D eigenvalue weighted by Crippen LogP contribution is -1.91. The number of nitrogens with zero attached hydrogens (tertiary/aromatic N) is 1. The molecule has 0 bridgehead atoms. The van der Waals surface area contributed by atoms with Crippen LogP contribution in [0.2, 0.25) is 5.02 Å². The van der Waals surface area contributed by atoms with Gasteiger partial charge in [-0.3, -0.25) is 5.43 Å². The zero-order chi connectivity index (χ0) is 15.4. The normalized spacial score (nSPS) is 11.0. The number of para-hydroxylation sites is 1. The number of hydrogen-bond donors (Lipinski definition) is 1. The van der Waals surface area contributed by atoms with Crippen LogP contribution in [0.1, 0.15) is 11.3 Å². The molecule has 0 aliphatic heterocycles. The summed E-state index contributed by atoms with van der Waals surface area (Å²) in [5.41, 5.74) is 6.11. The van der Waals surface area contributed by atoms with Crippen molar-refractivity contribution < 1.29 is 4.42 Å². The maximum Gasteiger partial charge on any atom is 0.147 e. The average Bonchev–Trinajstić information content (AvgIpc) is 2.99. The first kappa shape index (κ1) is 14.4. The van der Waals surface area contributed by atoms with E-state index in [1.165, 1.54) is 0 Å². The molecule has 0 fully saturated rings. The first-order valence-corrected chi connectivity index (χ1v) is 7.31. The lowest BCUT2D eigenvalue weighted by molar-refractivity contribution is 0.575. The Kier molecular flexibility index (Phi) is 4.26. The zero-order valence-electron chi connectivity index (χ0n) is 12.1. The minimum Gasteiger partial charge on any atom is -0.455 e. The monoisotopic (exact) mass is 310 g/mol. The van der Waals surface area contributed by atoms with Crippen LogP contribution in [0, 0.1) is 6.92 Å². The Morgan fingerprint density at radius 1 is 1.00 bits per heavy atom. The Balaban J connectivity index is 1.70. The molecule has 0 radical (unpaired) electrons. The second kappa shape index (κ2) is 6.50. The van der Waals surface area contributed by atoms with Crippen molar-refractivity contribution in [1.29, 1.82) is 0 Å². The van der Waals surface area contributed by atoms with E-state index in [1.54, 1.807) is 6.21 Å². The highest BCUT2D eigenvalue weighted by atomic mass is 35.5.